The van der Waals surface area contributed by atoms with Gasteiger partial charge in [-0.2, -0.15) is 0 Å². The van der Waals surface area contributed by atoms with Crippen LogP contribution < -0.4 is 0 Å². The summed E-state index contributed by atoms with van der Waals surface area (Å²) in [5.41, 5.74) is 0. The highest BCUT2D eigenvalue weighted by Gasteiger charge is 2.05. The summed E-state index contributed by atoms with van der Waals surface area (Å²) in [6.07, 6.45) is 7.82. The molecular formula is C12H22O3. The van der Waals surface area contributed by atoms with E-state index in [0.29, 0.717) is 12.8 Å². The number of allylic oxidation sites excluding steroid dienone is 2. The molecule has 0 aromatic rings. The fourth-order valence-electron chi connectivity index (χ4n) is 1.06. The monoisotopic (exact) mass is 214 g/mol. The summed E-state index contributed by atoms with van der Waals surface area (Å²) in [5, 5.41) is 18.8. The minimum absolute atomic E-state index is 0.275. The molecule has 0 amide bonds. The average Bonchev–Trinajstić information content (AvgIpc) is 2.23. The Morgan fingerprint density at radius 2 is 1.33 bits per heavy atom. The number of rotatable bonds is 8. The third-order valence-electron chi connectivity index (χ3n) is 1.91. The lowest BCUT2D eigenvalue weighted by Crippen LogP contribution is -2.20. The van der Waals surface area contributed by atoms with Gasteiger partial charge in [-0.1, -0.05) is 24.3 Å². The summed E-state index contributed by atoms with van der Waals surface area (Å²) in [7, 11) is 0. The van der Waals surface area contributed by atoms with E-state index < -0.39 is 12.2 Å². The topological polar surface area (TPSA) is 49.7 Å². The maximum atomic E-state index is 9.40. The number of aliphatic hydroxyl groups excluding tert-OH is 2. The molecule has 3 nitrogen and oxygen atoms in total. The van der Waals surface area contributed by atoms with Crippen LogP contribution in [0.25, 0.3) is 0 Å². The summed E-state index contributed by atoms with van der Waals surface area (Å²) in [5.74, 6) is 0. The van der Waals surface area contributed by atoms with Crippen LogP contribution in [-0.2, 0) is 4.74 Å². The van der Waals surface area contributed by atoms with E-state index in [1.165, 1.54) is 0 Å². The second kappa shape index (κ2) is 9.90. The number of hydrogen-bond donors (Lipinski definition) is 2. The van der Waals surface area contributed by atoms with E-state index in [2.05, 4.69) is 0 Å². The Kier molecular flexibility index (Phi) is 9.48. The van der Waals surface area contributed by atoms with Gasteiger partial charge in [0.1, 0.15) is 0 Å². The third kappa shape index (κ3) is 9.66. The minimum atomic E-state index is -0.477. The summed E-state index contributed by atoms with van der Waals surface area (Å²) in [6, 6.07) is 0. The molecule has 0 saturated heterocycles. The smallest absolute Gasteiger partial charge is 0.0808 e. The quantitative estimate of drug-likeness (QED) is 0.604. The Morgan fingerprint density at radius 3 is 1.67 bits per heavy atom. The first-order valence-electron chi connectivity index (χ1n) is 5.36. The molecule has 0 rings (SSSR count). The molecule has 0 spiro atoms. The van der Waals surface area contributed by atoms with E-state index >= 15 is 0 Å². The van der Waals surface area contributed by atoms with Gasteiger partial charge in [0, 0.05) is 0 Å². The Bertz CT molecular complexity index is 167. The van der Waals surface area contributed by atoms with Crippen LogP contribution in [0.4, 0.5) is 0 Å². The molecule has 3 heteroatoms. The molecule has 0 radical (unpaired) electrons. The van der Waals surface area contributed by atoms with Crippen molar-refractivity contribution in [2.75, 3.05) is 13.2 Å². The fourth-order valence-corrected chi connectivity index (χ4v) is 1.06. The average molecular weight is 214 g/mol. The van der Waals surface area contributed by atoms with Crippen molar-refractivity contribution in [2.45, 2.75) is 38.9 Å². The van der Waals surface area contributed by atoms with Crippen LogP contribution in [0.2, 0.25) is 0 Å². The van der Waals surface area contributed by atoms with E-state index in [-0.39, 0.29) is 13.2 Å². The molecule has 2 atom stereocenters. The van der Waals surface area contributed by atoms with E-state index in [0.717, 1.165) is 0 Å². The normalized spacial score (nSPS) is 16.3. The predicted molar refractivity (Wildman–Crippen MR) is 61.7 cm³/mol. The van der Waals surface area contributed by atoms with Gasteiger partial charge in [0.25, 0.3) is 0 Å². The van der Waals surface area contributed by atoms with Crippen molar-refractivity contribution in [1.82, 2.24) is 0 Å². The zero-order valence-corrected chi connectivity index (χ0v) is 9.60. The Morgan fingerprint density at radius 1 is 0.933 bits per heavy atom. The predicted octanol–water partition coefficient (Wildman–Crippen LogP) is 1.66. The molecule has 0 saturated carbocycles. The highest BCUT2D eigenvalue weighted by atomic mass is 16.5. The fraction of sp³-hybridized carbons (Fsp3) is 0.667. The molecule has 0 bridgehead atoms. The van der Waals surface area contributed by atoms with E-state index in [4.69, 9.17) is 4.74 Å². The van der Waals surface area contributed by atoms with Crippen LogP contribution in [0.5, 0.6) is 0 Å². The zero-order valence-electron chi connectivity index (χ0n) is 9.60. The summed E-state index contributed by atoms with van der Waals surface area (Å²) < 4.78 is 5.18. The Labute approximate surface area is 92.1 Å². The van der Waals surface area contributed by atoms with Gasteiger partial charge in [-0.05, 0) is 26.7 Å². The molecule has 0 heterocycles. The molecular weight excluding hydrogens is 192 g/mol. The van der Waals surface area contributed by atoms with Crippen molar-refractivity contribution in [3.8, 4) is 0 Å². The first kappa shape index (κ1) is 14.4. The first-order chi connectivity index (χ1) is 7.20. The van der Waals surface area contributed by atoms with E-state index in [9.17, 15) is 10.2 Å². The van der Waals surface area contributed by atoms with Crippen LogP contribution in [0.3, 0.4) is 0 Å². The van der Waals surface area contributed by atoms with Crippen molar-refractivity contribution in [3.63, 3.8) is 0 Å². The van der Waals surface area contributed by atoms with Gasteiger partial charge < -0.3 is 14.9 Å². The second-order valence-corrected chi connectivity index (χ2v) is 3.45. The van der Waals surface area contributed by atoms with Crippen molar-refractivity contribution < 1.29 is 14.9 Å². The molecule has 2 N–H and O–H groups in total. The van der Waals surface area contributed by atoms with Crippen LogP contribution >= 0.6 is 0 Å². The molecule has 0 aromatic carbocycles. The number of hydrogen-bond acceptors (Lipinski definition) is 3. The highest BCUT2D eigenvalue weighted by Crippen LogP contribution is 1.98. The van der Waals surface area contributed by atoms with Crippen molar-refractivity contribution in [2.24, 2.45) is 0 Å². The highest BCUT2D eigenvalue weighted by molar-refractivity contribution is 4.81. The largest absolute Gasteiger partial charge is 0.390 e. The van der Waals surface area contributed by atoms with Crippen molar-refractivity contribution >= 4 is 0 Å². The van der Waals surface area contributed by atoms with Crippen LogP contribution in [0, 0.1) is 0 Å². The molecule has 2 unspecified atom stereocenters. The van der Waals surface area contributed by atoms with Gasteiger partial charge >= 0.3 is 0 Å². The lowest BCUT2D eigenvalue weighted by atomic mass is 10.2. The molecule has 0 aliphatic heterocycles. The van der Waals surface area contributed by atoms with Gasteiger partial charge in [-0.3, -0.25) is 0 Å². The lowest BCUT2D eigenvalue weighted by molar-refractivity contribution is -0.00524. The summed E-state index contributed by atoms with van der Waals surface area (Å²) in [6.45, 7) is 4.37. The summed E-state index contributed by atoms with van der Waals surface area (Å²) >= 11 is 0. The van der Waals surface area contributed by atoms with Gasteiger partial charge in [0.2, 0.25) is 0 Å². The molecule has 0 aliphatic rings. The zero-order chi connectivity index (χ0) is 11.5. The molecule has 0 aromatic heterocycles. The third-order valence-corrected chi connectivity index (χ3v) is 1.91. The molecule has 0 aliphatic carbocycles. The molecule has 88 valence electrons. The molecule has 15 heavy (non-hydrogen) atoms. The maximum absolute atomic E-state index is 9.40. The standard InChI is InChI=1S/C12H22O3/c1-3-5-7-11(13)9-15-10-12(14)8-6-4-2/h3-6,11-14H,7-10H2,1-2H3. The van der Waals surface area contributed by atoms with Gasteiger partial charge in [-0.15, -0.1) is 0 Å². The van der Waals surface area contributed by atoms with Crippen molar-refractivity contribution in [3.05, 3.63) is 24.3 Å². The Hall–Kier alpha value is -0.640. The van der Waals surface area contributed by atoms with Gasteiger partial charge in [0.05, 0.1) is 25.4 Å². The Balaban J connectivity index is 3.43. The first-order valence-corrected chi connectivity index (χ1v) is 5.36. The maximum Gasteiger partial charge on any atom is 0.0808 e. The van der Waals surface area contributed by atoms with E-state index in [1.54, 1.807) is 0 Å². The number of ether oxygens (including phenoxy) is 1. The SMILES string of the molecule is CC=CCC(O)COCC(O)CC=CC. The van der Waals surface area contributed by atoms with Crippen LogP contribution in [0.15, 0.2) is 24.3 Å². The van der Waals surface area contributed by atoms with E-state index in [1.807, 2.05) is 38.2 Å². The minimum Gasteiger partial charge on any atom is -0.390 e. The number of aliphatic hydroxyl groups is 2. The summed E-state index contributed by atoms with van der Waals surface area (Å²) in [4.78, 5) is 0. The van der Waals surface area contributed by atoms with Crippen LogP contribution in [-0.4, -0.2) is 35.6 Å². The van der Waals surface area contributed by atoms with Gasteiger partial charge in [0.15, 0.2) is 0 Å². The molecule has 0 fully saturated rings. The van der Waals surface area contributed by atoms with Crippen molar-refractivity contribution in [1.29, 1.82) is 0 Å². The lowest BCUT2D eigenvalue weighted by Gasteiger charge is -2.12. The van der Waals surface area contributed by atoms with Gasteiger partial charge in [-0.25, -0.2) is 0 Å². The van der Waals surface area contributed by atoms with Crippen LogP contribution in [0.1, 0.15) is 26.7 Å². The second-order valence-electron chi connectivity index (χ2n) is 3.45.